The number of hydrogen-bond donors (Lipinski definition) is 0. The summed E-state index contributed by atoms with van der Waals surface area (Å²) in [6.07, 6.45) is 8.97. The van der Waals surface area contributed by atoms with Crippen molar-refractivity contribution in [1.82, 2.24) is 0 Å². The van der Waals surface area contributed by atoms with Gasteiger partial charge in [-0.15, -0.1) is 0 Å². The summed E-state index contributed by atoms with van der Waals surface area (Å²) in [5, 5.41) is 9.42. The number of aryl methyl sites for hydroxylation is 1. The Bertz CT molecular complexity index is 936. The molecule has 1 aromatic rings. The minimum Gasteiger partial charge on any atom is -0.541 e. The summed E-state index contributed by atoms with van der Waals surface area (Å²) in [6, 6.07) is 6.92. The largest absolute Gasteiger partial charge is 0.541 e. The molecule has 4 heteroatoms. The van der Waals surface area contributed by atoms with Crippen LogP contribution in [0.1, 0.15) is 76.8 Å². The van der Waals surface area contributed by atoms with Gasteiger partial charge in [0.1, 0.15) is 5.75 Å². The molecule has 0 aromatic heterocycles. The van der Waals surface area contributed by atoms with Crippen LogP contribution >= 0.6 is 0 Å². The smallest absolute Gasteiger partial charge is 0.250 e. The second kappa shape index (κ2) is 7.69. The molecule has 0 saturated heterocycles. The molecule has 0 aliphatic heterocycles. The van der Waals surface area contributed by atoms with Gasteiger partial charge in [-0.1, -0.05) is 33.3 Å². The molecule has 1 aromatic carbocycles. The topological polar surface area (TPSA) is 42.2 Å². The van der Waals surface area contributed by atoms with Crippen LogP contribution in [-0.2, 0) is 6.42 Å². The normalized spacial score (nSPS) is 31.4. The molecule has 2 fully saturated rings. The Kier molecular flexibility index (Phi) is 5.57. The van der Waals surface area contributed by atoms with Gasteiger partial charge in [0.05, 0.1) is 13.2 Å². The summed E-state index contributed by atoms with van der Waals surface area (Å²) < 4.78 is 12.5. The maximum atomic E-state index is 9.26. The van der Waals surface area contributed by atoms with Gasteiger partial charge in [0.25, 0.3) is 8.32 Å². The Morgan fingerprint density at radius 2 is 1.87 bits per heavy atom. The van der Waals surface area contributed by atoms with E-state index in [-0.39, 0.29) is 10.5 Å². The zero-order valence-electron chi connectivity index (χ0n) is 20.5. The zero-order chi connectivity index (χ0) is 22.6. The van der Waals surface area contributed by atoms with Gasteiger partial charge >= 0.3 is 0 Å². The number of methoxy groups -OCH3 is 1. The molecule has 0 spiro atoms. The fourth-order valence-electron chi connectivity index (χ4n) is 6.41. The van der Waals surface area contributed by atoms with E-state index in [9.17, 15) is 5.26 Å². The lowest BCUT2D eigenvalue weighted by molar-refractivity contribution is 0.0813. The first-order valence-electron chi connectivity index (χ1n) is 12.0. The van der Waals surface area contributed by atoms with Gasteiger partial charge in [-0.2, -0.15) is 5.26 Å². The van der Waals surface area contributed by atoms with Gasteiger partial charge in [-0.3, -0.25) is 0 Å². The van der Waals surface area contributed by atoms with Crippen LogP contribution in [-0.4, -0.2) is 15.4 Å². The van der Waals surface area contributed by atoms with Crippen molar-refractivity contribution in [3.05, 3.63) is 34.9 Å². The van der Waals surface area contributed by atoms with E-state index in [2.05, 4.69) is 59.0 Å². The van der Waals surface area contributed by atoms with E-state index < -0.39 is 8.32 Å². The maximum Gasteiger partial charge on any atom is 0.250 e. The summed E-state index contributed by atoms with van der Waals surface area (Å²) >= 11 is 0. The van der Waals surface area contributed by atoms with Crippen molar-refractivity contribution >= 4 is 8.32 Å². The highest BCUT2D eigenvalue weighted by Crippen LogP contribution is 2.63. The highest BCUT2D eigenvalue weighted by molar-refractivity contribution is 6.74. The average Bonchev–Trinajstić information content (AvgIpc) is 3.03. The van der Waals surface area contributed by atoms with Gasteiger partial charge in [-0.05, 0) is 103 Å². The SMILES string of the molecule is COc1cc2c(cc1O[Si](C)(C)C(C)(C)C)CCC1C2CC[C@]2(C)/C(=C/C#N)CCC12. The van der Waals surface area contributed by atoms with Gasteiger partial charge in [0, 0.05) is 6.08 Å². The fraction of sp³-hybridized carbons (Fsp3) is 0.667. The van der Waals surface area contributed by atoms with Crippen molar-refractivity contribution < 1.29 is 9.16 Å². The molecule has 168 valence electrons. The predicted octanol–water partition coefficient (Wildman–Crippen LogP) is 7.39. The van der Waals surface area contributed by atoms with Gasteiger partial charge in [-0.25, -0.2) is 0 Å². The summed E-state index contributed by atoms with van der Waals surface area (Å²) in [6.45, 7) is 13.9. The molecular weight excluding hydrogens is 398 g/mol. The molecule has 4 atom stereocenters. The highest BCUT2D eigenvalue weighted by atomic mass is 28.4. The Morgan fingerprint density at radius 3 is 2.52 bits per heavy atom. The molecule has 0 bridgehead atoms. The lowest BCUT2D eigenvalue weighted by Gasteiger charge is -2.49. The number of nitriles is 1. The second-order valence-electron chi connectivity index (χ2n) is 11.8. The second-order valence-corrected chi connectivity index (χ2v) is 16.5. The van der Waals surface area contributed by atoms with Gasteiger partial charge < -0.3 is 9.16 Å². The van der Waals surface area contributed by atoms with Crippen LogP contribution < -0.4 is 9.16 Å². The summed E-state index contributed by atoms with van der Waals surface area (Å²) in [7, 11) is -0.157. The zero-order valence-corrected chi connectivity index (χ0v) is 21.5. The Balaban J connectivity index is 1.67. The molecule has 3 nitrogen and oxygen atoms in total. The minimum atomic E-state index is -1.93. The first-order valence-corrected chi connectivity index (χ1v) is 14.9. The van der Waals surface area contributed by atoms with Crippen molar-refractivity contribution in [1.29, 1.82) is 5.26 Å². The predicted molar refractivity (Wildman–Crippen MR) is 129 cm³/mol. The number of benzene rings is 1. The standard InChI is InChI=1S/C27H39NO2Si/c1-26(2,3)31(6,7)30-25-16-18-8-10-21-20(22(18)17-24(25)29-5)12-14-27(4)19(13-15-28)9-11-23(21)27/h13,16-17,20-21,23H,8-12,14H2,1-7H3/b19-13+/t20?,21?,23?,27-/m1/s1. The number of ether oxygens (including phenoxy) is 1. The van der Waals surface area contributed by atoms with Crippen molar-refractivity contribution in [2.45, 2.75) is 90.3 Å². The molecule has 0 heterocycles. The molecule has 0 radical (unpaired) electrons. The van der Waals surface area contributed by atoms with Crippen molar-refractivity contribution in [3.63, 3.8) is 0 Å². The van der Waals surface area contributed by atoms with E-state index in [1.165, 1.54) is 42.4 Å². The molecule has 3 aliphatic carbocycles. The van der Waals surface area contributed by atoms with E-state index in [0.29, 0.717) is 17.8 Å². The number of rotatable bonds is 3. The van der Waals surface area contributed by atoms with E-state index in [1.807, 2.05) is 6.08 Å². The highest BCUT2D eigenvalue weighted by Gasteiger charge is 2.52. The first-order chi connectivity index (χ1) is 14.5. The molecule has 0 N–H and O–H groups in total. The minimum absolute atomic E-state index is 0.157. The number of allylic oxidation sites excluding steroid dienone is 2. The van der Waals surface area contributed by atoms with E-state index in [1.54, 1.807) is 7.11 Å². The first kappa shape index (κ1) is 22.5. The van der Waals surface area contributed by atoms with Gasteiger partial charge in [0.2, 0.25) is 0 Å². The third kappa shape index (κ3) is 3.63. The van der Waals surface area contributed by atoms with Crippen molar-refractivity contribution in [3.8, 4) is 17.6 Å². The van der Waals surface area contributed by atoms with Crippen LogP contribution in [0.15, 0.2) is 23.8 Å². The molecule has 4 rings (SSSR count). The molecule has 3 unspecified atom stereocenters. The Morgan fingerprint density at radius 1 is 1.13 bits per heavy atom. The van der Waals surface area contributed by atoms with Crippen molar-refractivity contribution in [2.75, 3.05) is 7.11 Å². The molecule has 31 heavy (non-hydrogen) atoms. The summed E-state index contributed by atoms with van der Waals surface area (Å²) in [4.78, 5) is 0. The van der Waals surface area contributed by atoms with E-state index in [4.69, 9.17) is 9.16 Å². The van der Waals surface area contributed by atoms with Gasteiger partial charge in [0.15, 0.2) is 5.75 Å². The monoisotopic (exact) mass is 437 g/mol. The van der Waals surface area contributed by atoms with Crippen molar-refractivity contribution in [2.24, 2.45) is 17.3 Å². The van der Waals surface area contributed by atoms with E-state index in [0.717, 1.165) is 24.3 Å². The molecular formula is C27H39NO2Si. The number of hydrogen-bond acceptors (Lipinski definition) is 3. The average molecular weight is 438 g/mol. The summed E-state index contributed by atoms with van der Waals surface area (Å²) in [5.74, 6) is 3.86. The fourth-order valence-corrected chi connectivity index (χ4v) is 7.42. The summed E-state index contributed by atoms with van der Waals surface area (Å²) in [5.41, 5.74) is 4.59. The Labute approximate surface area is 190 Å². The number of fused-ring (bicyclic) bond motifs is 5. The van der Waals surface area contributed by atoms with Crippen LogP contribution in [0.4, 0.5) is 0 Å². The maximum absolute atomic E-state index is 9.26. The van der Waals surface area contributed by atoms with Crippen LogP contribution in [0, 0.1) is 28.6 Å². The van der Waals surface area contributed by atoms with Crippen LogP contribution in [0.25, 0.3) is 0 Å². The lowest BCUT2D eigenvalue weighted by atomic mass is 9.55. The van der Waals surface area contributed by atoms with E-state index >= 15 is 0 Å². The van der Waals surface area contributed by atoms with Crippen LogP contribution in [0.5, 0.6) is 11.5 Å². The van der Waals surface area contributed by atoms with Crippen LogP contribution in [0.3, 0.4) is 0 Å². The lowest BCUT2D eigenvalue weighted by Crippen LogP contribution is -2.44. The molecule has 0 amide bonds. The molecule has 3 aliphatic rings. The number of nitrogens with zero attached hydrogens (tertiary/aromatic N) is 1. The van der Waals surface area contributed by atoms with Crippen LogP contribution in [0.2, 0.25) is 18.1 Å². The quantitative estimate of drug-likeness (QED) is 0.366. The third-order valence-electron chi connectivity index (χ3n) is 9.27. The molecule has 2 saturated carbocycles. The Hall–Kier alpha value is -1.73. The third-order valence-corrected chi connectivity index (χ3v) is 13.6.